The smallest absolute Gasteiger partial charge is 0.506 e. The molecule has 2 heterocycles. The molecule has 1 aromatic heterocycles. The van der Waals surface area contributed by atoms with E-state index in [1.807, 2.05) is 6.07 Å². The molecule has 2 aromatic carbocycles. The molecule has 3 aromatic rings. The number of amides is 1. The summed E-state index contributed by atoms with van der Waals surface area (Å²) in [5, 5.41) is 21.9. The van der Waals surface area contributed by atoms with Gasteiger partial charge in [-0.2, -0.15) is 5.26 Å². The number of aromatic hydroxyl groups is 1. The molecule has 0 aliphatic carbocycles. The van der Waals surface area contributed by atoms with Crippen molar-refractivity contribution in [1.82, 2.24) is 9.88 Å². The van der Waals surface area contributed by atoms with E-state index in [0.29, 0.717) is 11.1 Å². The summed E-state index contributed by atoms with van der Waals surface area (Å²) in [6.07, 6.45) is -5.84. The highest BCUT2D eigenvalue weighted by atomic mass is 19.4. The van der Waals surface area contributed by atoms with Crippen molar-refractivity contribution >= 4 is 16.8 Å². The number of rotatable bonds is 4. The lowest BCUT2D eigenvalue weighted by Gasteiger charge is -2.29. The molecule has 4 rings (SSSR count). The van der Waals surface area contributed by atoms with Crippen LogP contribution in [0.1, 0.15) is 34.5 Å². The van der Waals surface area contributed by atoms with Crippen LogP contribution < -0.4 is 20.3 Å². The summed E-state index contributed by atoms with van der Waals surface area (Å²) < 4.78 is 49.7. The minimum absolute atomic E-state index is 0.0324. The second-order valence-corrected chi connectivity index (χ2v) is 7.20. The normalized spacial score (nSPS) is 14.9. The van der Waals surface area contributed by atoms with Crippen molar-refractivity contribution in [3.63, 3.8) is 0 Å². The first-order chi connectivity index (χ1) is 15.6. The Hall–Kier alpha value is -4.20. The van der Waals surface area contributed by atoms with E-state index < -0.39 is 41.0 Å². The SMILES string of the molecule is CCNC(=O)c1c(O)c2cc(OC(F)(F)F)cc3c2n(c1=O)CC(c1ccc(C#N)cc1)O3. The highest BCUT2D eigenvalue weighted by molar-refractivity contribution is 6.04. The van der Waals surface area contributed by atoms with Crippen molar-refractivity contribution in [1.29, 1.82) is 5.26 Å². The number of carbonyl (C=O) groups is 1. The lowest BCUT2D eigenvalue weighted by Crippen LogP contribution is -2.36. The number of hydrogen-bond acceptors (Lipinski definition) is 6. The van der Waals surface area contributed by atoms with Gasteiger partial charge in [0.25, 0.3) is 11.5 Å². The van der Waals surface area contributed by atoms with Crippen molar-refractivity contribution in [2.24, 2.45) is 0 Å². The number of hydrogen-bond donors (Lipinski definition) is 2. The van der Waals surface area contributed by atoms with Gasteiger partial charge in [-0.15, -0.1) is 13.2 Å². The summed E-state index contributed by atoms with van der Waals surface area (Å²) in [5.74, 6) is -2.46. The summed E-state index contributed by atoms with van der Waals surface area (Å²) in [4.78, 5) is 25.6. The molecule has 1 amide bonds. The number of nitrogens with zero attached hydrogens (tertiary/aromatic N) is 2. The number of ether oxygens (including phenoxy) is 2. The standard InChI is InChI=1S/C22H16F3N3O5/c1-2-27-20(30)17-19(29)14-7-13(33-22(23,24)25)8-15-18(14)28(21(17)31)10-16(32-15)12-5-3-11(9-26)4-6-12/h3-8,16,29H,2,10H2,1H3,(H,27,30). The van der Waals surface area contributed by atoms with Gasteiger partial charge in [-0.05, 0) is 30.7 Å². The quantitative estimate of drug-likeness (QED) is 0.619. The number of benzene rings is 2. The molecule has 1 aliphatic heterocycles. The predicted octanol–water partition coefficient (Wildman–Crippen LogP) is 3.36. The lowest BCUT2D eigenvalue weighted by molar-refractivity contribution is -0.274. The summed E-state index contributed by atoms with van der Waals surface area (Å²) in [6.45, 7) is 1.69. The molecule has 11 heteroatoms. The third-order valence-electron chi connectivity index (χ3n) is 5.10. The van der Waals surface area contributed by atoms with E-state index in [-0.39, 0.29) is 29.7 Å². The zero-order valence-electron chi connectivity index (χ0n) is 17.1. The largest absolute Gasteiger partial charge is 0.573 e. The Morgan fingerprint density at radius 2 is 2.03 bits per heavy atom. The fourth-order valence-electron chi connectivity index (χ4n) is 3.73. The first-order valence-electron chi connectivity index (χ1n) is 9.77. The summed E-state index contributed by atoms with van der Waals surface area (Å²) >= 11 is 0. The van der Waals surface area contributed by atoms with Crippen LogP contribution in [0.25, 0.3) is 10.9 Å². The van der Waals surface area contributed by atoms with E-state index in [2.05, 4.69) is 10.1 Å². The third-order valence-corrected chi connectivity index (χ3v) is 5.10. The average Bonchev–Trinajstić information content (AvgIpc) is 2.76. The number of alkyl halides is 3. The zero-order valence-corrected chi connectivity index (χ0v) is 17.1. The van der Waals surface area contributed by atoms with Crippen molar-refractivity contribution in [2.45, 2.75) is 25.9 Å². The Kier molecular flexibility index (Phi) is 5.37. The van der Waals surface area contributed by atoms with Gasteiger partial charge in [-0.25, -0.2) is 0 Å². The minimum Gasteiger partial charge on any atom is -0.506 e. The number of nitrogens with one attached hydrogen (secondary N) is 1. The van der Waals surface area contributed by atoms with E-state index in [1.54, 1.807) is 19.1 Å². The monoisotopic (exact) mass is 459 g/mol. The molecular weight excluding hydrogens is 443 g/mol. The lowest BCUT2D eigenvalue weighted by atomic mass is 10.0. The van der Waals surface area contributed by atoms with E-state index in [1.165, 1.54) is 16.7 Å². The summed E-state index contributed by atoms with van der Waals surface area (Å²) in [5.41, 5.74) is -0.448. The van der Waals surface area contributed by atoms with Gasteiger partial charge in [0.2, 0.25) is 0 Å². The molecular formula is C22H16F3N3O5. The Bertz CT molecular complexity index is 1360. The van der Waals surface area contributed by atoms with Gasteiger partial charge in [-0.1, -0.05) is 12.1 Å². The molecule has 0 spiro atoms. The molecule has 0 bridgehead atoms. The Labute approximate surface area is 184 Å². The first-order valence-corrected chi connectivity index (χ1v) is 9.77. The number of halogens is 3. The first kappa shape index (κ1) is 22.0. The summed E-state index contributed by atoms with van der Waals surface area (Å²) in [6, 6.07) is 10.1. The van der Waals surface area contributed by atoms with Crippen LogP contribution in [0.5, 0.6) is 17.2 Å². The van der Waals surface area contributed by atoms with Gasteiger partial charge in [0.1, 0.15) is 28.9 Å². The van der Waals surface area contributed by atoms with Crippen LogP contribution in [-0.2, 0) is 6.54 Å². The van der Waals surface area contributed by atoms with E-state index in [0.717, 1.165) is 12.1 Å². The number of carbonyl (C=O) groups excluding carboxylic acids is 1. The highest BCUT2D eigenvalue weighted by Gasteiger charge is 2.34. The fourth-order valence-corrected chi connectivity index (χ4v) is 3.73. The average molecular weight is 459 g/mol. The van der Waals surface area contributed by atoms with Crippen LogP contribution in [-0.4, -0.2) is 28.5 Å². The molecule has 8 nitrogen and oxygen atoms in total. The molecule has 0 radical (unpaired) electrons. The van der Waals surface area contributed by atoms with E-state index in [9.17, 15) is 27.9 Å². The molecule has 1 atom stereocenters. The van der Waals surface area contributed by atoms with E-state index in [4.69, 9.17) is 10.00 Å². The van der Waals surface area contributed by atoms with Crippen molar-refractivity contribution in [3.8, 4) is 23.3 Å². The van der Waals surface area contributed by atoms with Gasteiger partial charge in [0.15, 0.2) is 0 Å². The van der Waals surface area contributed by atoms with Crippen LogP contribution >= 0.6 is 0 Å². The number of nitriles is 1. The topological polar surface area (TPSA) is 114 Å². The molecule has 0 fully saturated rings. The number of aromatic nitrogens is 1. The van der Waals surface area contributed by atoms with Crippen LogP contribution in [0, 0.1) is 11.3 Å². The van der Waals surface area contributed by atoms with Crippen LogP contribution in [0.2, 0.25) is 0 Å². The van der Waals surface area contributed by atoms with Crippen molar-refractivity contribution in [2.75, 3.05) is 6.54 Å². The summed E-state index contributed by atoms with van der Waals surface area (Å²) in [7, 11) is 0. The Morgan fingerprint density at radius 1 is 1.33 bits per heavy atom. The minimum atomic E-state index is -5.02. The number of pyridine rings is 1. The van der Waals surface area contributed by atoms with Gasteiger partial charge in [0.05, 0.1) is 23.7 Å². The van der Waals surface area contributed by atoms with Crippen molar-refractivity contribution < 1.29 is 32.5 Å². The second-order valence-electron chi connectivity index (χ2n) is 7.20. The predicted molar refractivity (Wildman–Crippen MR) is 109 cm³/mol. The van der Waals surface area contributed by atoms with Gasteiger partial charge in [-0.3, -0.25) is 14.2 Å². The van der Waals surface area contributed by atoms with Gasteiger partial charge < -0.3 is 19.9 Å². The molecule has 0 saturated heterocycles. The Balaban J connectivity index is 1.95. The maximum atomic E-state index is 13.2. The maximum absolute atomic E-state index is 13.2. The highest BCUT2D eigenvalue weighted by Crippen LogP contribution is 2.42. The third kappa shape index (κ3) is 4.03. The van der Waals surface area contributed by atoms with E-state index >= 15 is 0 Å². The molecule has 0 saturated carbocycles. The van der Waals surface area contributed by atoms with Crippen LogP contribution in [0.3, 0.4) is 0 Å². The molecule has 2 N–H and O–H groups in total. The van der Waals surface area contributed by atoms with Crippen LogP contribution in [0.4, 0.5) is 13.2 Å². The molecule has 1 unspecified atom stereocenters. The molecule has 33 heavy (non-hydrogen) atoms. The molecule has 170 valence electrons. The maximum Gasteiger partial charge on any atom is 0.573 e. The fraction of sp³-hybridized carbons (Fsp3) is 0.227. The van der Waals surface area contributed by atoms with Gasteiger partial charge >= 0.3 is 6.36 Å². The molecule has 1 aliphatic rings. The van der Waals surface area contributed by atoms with Crippen molar-refractivity contribution in [3.05, 3.63) is 63.4 Å². The Morgan fingerprint density at radius 3 is 2.64 bits per heavy atom. The zero-order chi connectivity index (χ0) is 23.9. The van der Waals surface area contributed by atoms with Gasteiger partial charge in [0, 0.05) is 18.0 Å². The van der Waals surface area contributed by atoms with Crippen LogP contribution in [0.15, 0.2) is 41.2 Å². The second kappa shape index (κ2) is 8.05.